The van der Waals surface area contributed by atoms with Gasteiger partial charge < -0.3 is 0 Å². The maximum Gasteiger partial charge on any atom is 0.251 e. The van der Waals surface area contributed by atoms with Crippen LogP contribution in [0.2, 0.25) is 0 Å². The van der Waals surface area contributed by atoms with Crippen LogP contribution < -0.4 is 0 Å². The van der Waals surface area contributed by atoms with Crippen LogP contribution in [0.5, 0.6) is 0 Å². The summed E-state index contributed by atoms with van der Waals surface area (Å²) in [5.41, 5.74) is 2.47. The van der Waals surface area contributed by atoms with E-state index < -0.39 is 52.2 Å². The Morgan fingerprint density at radius 2 is 1.79 bits per heavy atom. The predicted octanol–water partition coefficient (Wildman–Crippen LogP) is 5.68. The number of rotatable bonds is 7. The van der Waals surface area contributed by atoms with Crippen molar-refractivity contribution < 1.29 is 26.4 Å². The van der Waals surface area contributed by atoms with Crippen molar-refractivity contribution in [3.63, 3.8) is 0 Å². The van der Waals surface area contributed by atoms with Crippen molar-refractivity contribution in [3.05, 3.63) is 89.3 Å². The van der Waals surface area contributed by atoms with Crippen LogP contribution in [0, 0.1) is 11.4 Å². The van der Waals surface area contributed by atoms with Crippen molar-refractivity contribution in [1.29, 1.82) is 0 Å². The number of pyridine rings is 2. The maximum atomic E-state index is 14.9. The highest BCUT2D eigenvalue weighted by Crippen LogP contribution is 2.53. The zero-order valence-electron chi connectivity index (χ0n) is 27.1. The van der Waals surface area contributed by atoms with Gasteiger partial charge in [0.25, 0.3) is 5.92 Å². The molecule has 2 fully saturated rings. The molecule has 0 N–H and O–H groups in total. The van der Waals surface area contributed by atoms with Gasteiger partial charge in [-0.15, -0.1) is 0 Å². The van der Waals surface area contributed by atoms with E-state index in [2.05, 4.69) is 20.2 Å². The summed E-state index contributed by atoms with van der Waals surface area (Å²) in [6.45, 7) is 6.12. The molecule has 0 aromatic carbocycles. The average molecular weight is 680 g/mol. The minimum atomic E-state index is -4.25. The highest BCUT2D eigenvalue weighted by atomic mass is 32.2. The maximum absolute atomic E-state index is 14.9. The van der Waals surface area contributed by atoms with Crippen LogP contribution in [0.25, 0.3) is 11.8 Å². The van der Waals surface area contributed by atoms with Gasteiger partial charge in [-0.2, -0.15) is 18.9 Å². The van der Waals surface area contributed by atoms with E-state index in [1.807, 2.05) is 32.9 Å². The minimum Gasteiger partial charge on any atom is -0.291 e. The van der Waals surface area contributed by atoms with Gasteiger partial charge in [0.05, 0.1) is 35.4 Å². The summed E-state index contributed by atoms with van der Waals surface area (Å²) in [6.07, 6.45) is 8.88. The lowest BCUT2D eigenvalue weighted by Crippen LogP contribution is -2.59. The molecule has 7 rings (SSSR count). The number of alkyl halides is 2. The Labute approximate surface area is 276 Å². The van der Waals surface area contributed by atoms with Crippen molar-refractivity contribution in [2.75, 3.05) is 0 Å². The monoisotopic (exact) mass is 679 g/mol. The Balaban J connectivity index is 1.34. The molecule has 0 bridgehead atoms. The fourth-order valence-electron chi connectivity index (χ4n) is 7.42. The normalized spacial score (nSPS) is 22.5. The summed E-state index contributed by atoms with van der Waals surface area (Å²) >= 11 is 0. The van der Waals surface area contributed by atoms with Crippen molar-refractivity contribution >= 4 is 21.9 Å². The highest BCUT2D eigenvalue weighted by Gasteiger charge is 2.57. The number of halogens is 3. The first-order valence-corrected chi connectivity index (χ1v) is 17.3. The molecule has 0 amide bonds. The lowest BCUT2D eigenvalue weighted by Gasteiger charge is -2.50. The smallest absolute Gasteiger partial charge is 0.251 e. The quantitative estimate of drug-likeness (QED) is 0.182. The number of carbonyl (C=O) groups is 1. The van der Waals surface area contributed by atoms with E-state index in [-0.39, 0.29) is 34.6 Å². The summed E-state index contributed by atoms with van der Waals surface area (Å²) in [5.74, 6) is -3.85. The van der Waals surface area contributed by atoms with Gasteiger partial charge in [0.2, 0.25) is 16.0 Å². The van der Waals surface area contributed by atoms with Gasteiger partial charge in [-0.1, -0.05) is 26.3 Å². The van der Waals surface area contributed by atoms with E-state index in [9.17, 15) is 26.4 Å². The van der Waals surface area contributed by atoms with Gasteiger partial charge in [0, 0.05) is 44.4 Å². The molecular weight excluding hydrogens is 643 g/mol. The molecule has 2 atom stereocenters. The number of aromatic nitrogens is 6. The van der Waals surface area contributed by atoms with Crippen LogP contribution >= 0.6 is 0 Å². The van der Waals surface area contributed by atoms with Crippen LogP contribution in [-0.4, -0.2) is 66.0 Å². The van der Waals surface area contributed by atoms with Crippen molar-refractivity contribution in [3.8, 4) is 5.69 Å². The standard InChI is InChI=1S/C34H36F3N7O3S/c1-32(2,3)22-9-10-38-28(11-22)31(45)33-13-21-17-41-43(25-7-8-30(35)39-18-25)29(21)12-23(33)5-6-24(14-33)44(26-15-34(36,37)16-26)48(46,47)27-19-40-42(4)20-27/h7-12,17-20,24,26H,5-6,13-16H2,1-4H3/t24-,33-/m0/s1. The molecule has 3 aliphatic carbocycles. The summed E-state index contributed by atoms with van der Waals surface area (Å²) in [6, 6.07) is 4.79. The minimum absolute atomic E-state index is 0.0728. The average Bonchev–Trinajstić information content (AvgIpc) is 3.65. The number of aryl methyl sites for hydroxylation is 1. The first kappa shape index (κ1) is 32.4. The molecule has 0 spiro atoms. The molecule has 4 aromatic rings. The number of sulfonamides is 1. The Morgan fingerprint density at radius 1 is 1.02 bits per heavy atom. The molecule has 252 valence electrons. The number of nitrogens with zero attached hydrogens (tertiary/aromatic N) is 7. The largest absolute Gasteiger partial charge is 0.291 e. The third kappa shape index (κ3) is 5.48. The lowest BCUT2D eigenvalue weighted by molar-refractivity contribution is -0.116. The zero-order valence-corrected chi connectivity index (χ0v) is 27.9. The second-order valence-electron chi connectivity index (χ2n) is 14.2. The first-order valence-electron chi connectivity index (χ1n) is 15.9. The molecule has 4 heterocycles. The highest BCUT2D eigenvalue weighted by molar-refractivity contribution is 7.89. The molecule has 4 aromatic heterocycles. The molecule has 2 saturated carbocycles. The van der Waals surface area contributed by atoms with Crippen molar-refractivity contribution in [2.24, 2.45) is 12.5 Å². The number of fused-ring (bicyclic) bond motifs is 2. The fourth-order valence-corrected chi connectivity index (χ4v) is 9.24. The molecular formula is C34H36F3N7O3S. The van der Waals surface area contributed by atoms with E-state index in [0.29, 0.717) is 18.5 Å². The van der Waals surface area contributed by atoms with E-state index in [0.717, 1.165) is 22.4 Å². The van der Waals surface area contributed by atoms with Gasteiger partial charge in [-0.25, -0.2) is 26.9 Å². The summed E-state index contributed by atoms with van der Waals surface area (Å²) in [7, 11) is -2.66. The molecule has 14 heteroatoms. The molecule has 0 radical (unpaired) electrons. The van der Waals surface area contributed by atoms with E-state index in [1.165, 1.54) is 33.6 Å². The number of allylic oxidation sites excluding steroid dienone is 1. The second kappa shape index (κ2) is 11.2. The topological polar surface area (TPSA) is 116 Å². The Morgan fingerprint density at radius 3 is 2.44 bits per heavy atom. The van der Waals surface area contributed by atoms with Crippen LogP contribution in [0.4, 0.5) is 13.2 Å². The number of Topliss-reactive ketones (excluding diaryl/α,β-unsaturated/α-hetero) is 1. The van der Waals surface area contributed by atoms with Gasteiger partial charge in [-0.05, 0) is 72.6 Å². The van der Waals surface area contributed by atoms with Crippen LogP contribution in [0.15, 0.2) is 65.7 Å². The van der Waals surface area contributed by atoms with E-state index in [1.54, 1.807) is 36.3 Å². The Hall–Kier alpha value is -4.17. The van der Waals surface area contributed by atoms with E-state index in [4.69, 9.17) is 0 Å². The Kier molecular flexibility index (Phi) is 7.55. The van der Waals surface area contributed by atoms with Crippen LogP contribution in [0.1, 0.15) is 80.2 Å². The van der Waals surface area contributed by atoms with Gasteiger partial charge >= 0.3 is 0 Å². The van der Waals surface area contributed by atoms with Crippen LogP contribution in [0.3, 0.4) is 0 Å². The third-order valence-electron chi connectivity index (χ3n) is 9.93. The third-order valence-corrected chi connectivity index (χ3v) is 11.9. The number of hydrogen-bond acceptors (Lipinski definition) is 7. The second-order valence-corrected chi connectivity index (χ2v) is 16.1. The number of carbonyl (C=O) groups excluding carboxylic acids is 1. The predicted molar refractivity (Wildman–Crippen MR) is 171 cm³/mol. The first-order chi connectivity index (χ1) is 22.6. The molecule has 10 nitrogen and oxygen atoms in total. The summed E-state index contributed by atoms with van der Waals surface area (Å²) in [4.78, 5) is 23.1. The number of ketones is 1. The zero-order chi connectivity index (χ0) is 34.2. The van der Waals surface area contributed by atoms with Gasteiger partial charge in [0.15, 0.2) is 5.78 Å². The summed E-state index contributed by atoms with van der Waals surface area (Å²) in [5, 5.41) is 8.58. The Bertz CT molecular complexity index is 2040. The van der Waals surface area contributed by atoms with Gasteiger partial charge in [0.1, 0.15) is 10.6 Å². The van der Waals surface area contributed by atoms with Crippen molar-refractivity contribution in [1.82, 2.24) is 33.8 Å². The fraction of sp³-hybridized carbons (Fsp3) is 0.441. The van der Waals surface area contributed by atoms with E-state index >= 15 is 0 Å². The van der Waals surface area contributed by atoms with Gasteiger partial charge in [-0.3, -0.25) is 14.5 Å². The number of hydrogen-bond donors (Lipinski definition) is 0. The molecule has 0 aliphatic heterocycles. The van der Waals surface area contributed by atoms with Crippen molar-refractivity contribution in [2.45, 2.75) is 87.6 Å². The SMILES string of the molecule is Cn1cc(S(=O)(=O)N(C2CC(F)(F)C2)[C@H]2CCC3=Cc4c(cnn4-c4ccc(F)nc4)C[C@]3(C(=O)c3cc(C(C)(C)C)ccn3)C2)cn1. The molecule has 48 heavy (non-hydrogen) atoms. The van der Waals surface area contributed by atoms with Crippen LogP contribution in [-0.2, 0) is 28.9 Å². The molecule has 0 unspecified atom stereocenters. The summed E-state index contributed by atoms with van der Waals surface area (Å²) < 4.78 is 74.9. The molecule has 3 aliphatic rings. The molecule has 0 saturated heterocycles. The lowest BCUT2D eigenvalue weighted by atomic mass is 9.60.